The van der Waals surface area contributed by atoms with Gasteiger partial charge in [0.05, 0.1) is 17.4 Å². The van der Waals surface area contributed by atoms with E-state index in [9.17, 15) is 13.5 Å². The summed E-state index contributed by atoms with van der Waals surface area (Å²) in [6, 6.07) is 5.26. The number of sulfone groups is 1. The van der Waals surface area contributed by atoms with Crippen LogP contribution < -0.4 is 15.2 Å². The fourth-order valence-electron chi connectivity index (χ4n) is 2.92. The van der Waals surface area contributed by atoms with Crippen molar-refractivity contribution < 1.29 is 23.0 Å². The molecule has 20 heavy (non-hydrogen) atoms. The van der Waals surface area contributed by atoms with Gasteiger partial charge in [0.2, 0.25) is 6.79 Å². The summed E-state index contributed by atoms with van der Waals surface area (Å²) in [5, 5.41) is 8.73. The van der Waals surface area contributed by atoms with Gasteiger partial charge < -0.3 is 20.3 Å². The maximum Gasteiger partial charge on any atom is 0.231 e. The number of aliphatic hydroxyl groups is 1. The monoisotopic (exact) mass is 299 g/mol. The topological polar surface area (TPSA) is 98.9 Å². The van der Waals surface area contributed by atoms with Gasteiger partial charge in [-0.05, 0) is 17.7 Å². The van der Waals surface area contributed by atoms with Crippen molar-refractivity contribution in [3.8, 4) is 11.5 Å². The molecule has 6 nitrogen and oxygen atoms in total. The summed E-state index contributed by atoms with van der Waals surface area (Å²) in [5.74, 6) is 0.822. The maximum absolute atomic E-state index is 12.1. The summed E-state index contributed by atoms with van der Waals surface area (Å²) in [6.45, 7) is 1.38. The third kappa shape index (κ3) is 1.81. The molecule has 0 amide bonds. The number of benzene rings is 1. The molecule has 0 spiro atoms. The third-order valence-corrected chi connectivity index (χ3v) is 6.41. The van der Waals surface area contributed by atoms with Crippen molar-refractivity contribution in [1.82, 2.24) is 0 Å². The molecule has 1 saturated carbocycles. The summed E-state index contributed by atoms with van der Waals surface area (Å²) in [6.07, 6.45) is 0. The van der Waals surface area contributed by atoms with Crippen molar-refractivity contribution in [3.05, 3.63) is 23.8 Å². The summed E-state index contributed by atoms with van der Waals surface area (Å²) in [5.41, 5.74) is 5.72. The summed E-state index contributed by atoms with van der Waals surface area (Å²) in [7, 11) is -3.31. The van der Waals surface area contributed by atoms with E-state index in [0.717, 1.165) is 5.56 Å². The number of nitrogens with two attached hydrogens (primary N) is 1. The van der Waals surface area contributed by atoms with Gasteiger partial charge in [0, 0.05) is 11.7 Å². The number of aliphatic hydroxyl groups excluding tert-OH is 1. The first kappa shape index (κ1) is 13.7. The van der Waals surface area contributed by atoms with Gasteiger partial charge >= 0.3 is 0 Å². The smallest absolute Gasteiger partial charge is 0.231 e. The third-order valence-electron chi connectivity index (χ3n) is 4.12. The number of rotatable bonds is 4. The Morgan fingerprint density at radius 1 is 1.40 bits per heavy atom. The molecule has 1 heterocycles. The minimum absolute atomic E-state index is 0.0116. The van der Waals surface area contributed by atoms with Crippen LogP contribution in [0.5, 0.6) is 11.5 Å². The van der Waals surface area contributed by atoms with Gasteiger partial charge in [-0.3, -0.25) is 0 Å². The highest BCUT2D eigenvalue weighted by atomic mass is 32.2. The molecular weight excluding hydrogens is 282 g/mol. The zero-order valence-corrected chi connectivity index (χ0v) is 11.9. The first-order valence-corrected chi connectivity index (χ1v) is 8.16. The van der Waals surface area contributed by atoms with E-state index in [1.54, 1.807) is 25.1 Å². The molecule has 3 rings (SSSR count). The molecule has 3 N–H and O–H groups in total. The number of hydrogen-bond donors (Lipinski definition) is 2. The lowest BCUT2D eigenvalue weighted by Gasteiger charge is -2.07. The van der Waals surface area contributed by atoms with Crippen LogP contribution in [0.1, 0.15) is 18.4 Å². The van der Waals surface area contributed by atoms with Crippen molar-refractivity contribution in [2.45, 2.75) is 23.6 Å². The second-order valence-electron chi connectivity index (χ2n) is 5.23. The van der Waals surface area contributed by atoms with Crippen LogP contribution in [0.2, 0.25) is 0 Å². The fourth-order valence-corrected chi connectivity index (χ4v) is 4.92. The lowest BCUT2D eigenvalue weighted by molar-refractivity contribution is 0.174. The highest BCUT2D eigenvalue weighted by molar-refractivity contribution is 7.92. The summed E-state index contributed by atoms with van der Waals surface area (Å²) in [4.78, 5) is 0. The molecule has 0 bridgehead atoms. The predicted molar refractivity (Wildman–Crippen MR) is 72.6 cm³/mol. The zero-order chi connectivity index (χ0) is 14.5. The SMILES string of the molecule is CCS(=O)(=O)[C@H]1[C@@H](c2ccc3c(c2)OCO3)[C@@]1(N)CO. The molecule has 1 aliphatic carbocycles. The van der Waals surface area contributed by atoms with E-state index >= 15 is 0 Å². The average Bonchev–Trinajstić information content (AvgIpc) is 2.83. The molecular formula is C13H17NO5S. The average molecular weight is 299 g/mol. The first-order chi connectivity index (χ1) is 9.44. The highest BCUT2D eigenvalue weighted by Crippen LogP contribution is 2.55. The van der Waals surface area contributed by atoms with E-state index in [-0.39, 0.29) is 19.2 Å². The van der Waals surface area contributed by atoms with Crippen molar-refractivity contribution in [2.75, 3.05) is 19.2 Å². The molecule has 1 aromatic carbocycles. The lowest BCUT2D eigenvalue weighted by Crippen LogP contribution is -2.35. The molecule has 7 heteroatoms. The van der Waals surface area contributed by atoms with E-state index in [1.807, 2.05) is 0 Å². The predicted octanol–water partition coefficient (Wildman–Crippen LogP) is 0.00560. The second kappa shape index (κ2) is 4.34. The molecule has 0 unspecified atom stereocenters. The van der Waals surface area contributed by atoms with Gasteiger partial charge in [0.15, 0.2) is 21.3 Å². The standard InChI is InChI=1S/C13H17NO5S/c1-2-20(16,17)12-11(13(12,14)6-15)8-3-4-9-10(5-8)19-7-18-9/h3-5,11-12,15H,2,6-7,14H2,1H3/t11-,12+,13+/m1/s1. The number of fused-ring (bicyclic) bond motifs is 1. The van der Waals surface area contributed by atoms with Gasteiger partial charge in [-0.1, -0.05) is 13.0 Å². The Bertz CT molecular complexity index is 644. The molecule has 1 fully saturated rings. The summed E-state index contributed by atoms with van der Waals surface area (Å²) >= 11 is 0. The van der Waals surface area contributed by atoms with Crippen LogP contribution in [-0.2, 0) is 9.84 Å². The van der Waals surface area contributed by atoms with Crippen LogP contribution in [-0.4, -0.2) is 43.5 Å². The van der Waals surface area contributed by atoms with E-state index in [2.05, 4.69) is 0 Å². The normalized spacial score (nSPS) is 31.4. The van der Waals surface area contributed by atoms with Gasteiger partial charge in [0.1, 0.15) is 0 Å². The quantitative estimate of drug-likeness (QED) is 0.812. The Hall–Kier alpha value is -1.31. The number of ether oxygens (including phenoxy) is 2. The van der Waals surface area contributed by atoms with Crippen molar-refractivity contribution in [3.63, 3.8) is 0 Å². The molecule has 110 valence electrons. The molecule has 0 aromatic heterocycles. The minimum atomic E-state index is -3.31. The second-order valence-corrected chi connectivity index (χ2v) is 7.64. The van der Waals surface area contributed by atoms with Crippen LogP contribution in [0.25, 0.3) is 0 Å². The minimum Gasteiger partial charge on any atom is -0.454 e. The van der Waals surface area contributed by atoms with Crippen LogP contribution in [0.3, 0.4) is 0 Å². The van der Waals surface area contributed by atoms with Gasteiger partial charge in [-0.25, -0.2) is 8.42 Å². The molecule has 1 aliphatic heterocycles. The van der Waals surface area contributed by atoms with Crippen LogP contribution >= 0.6 is 0 Å². The highest BCUT2D eigenvalue weighted by Gasteiger charge is 2.68. The largest absolute Gasteiger partial charge is 0.454 e. The molecule has 1 aromatic rings. The lowest BCUT2D eigenvalue weighted by atomic mass is 10.1. The van der Waals surface area contributed by atoms with Crippen molar-refractivity contribution in [2.24, 2.45) is 5.73 Å². The Balaban J connectivity index is 1.98. The maximum atomic E-state index is 12.1. The molecule has 0 radical (unpaired) electrons. The Morgan fingerprint density at radius 3 is 2.75 bits per heavy atom. The Morgan fingerprint density at radius 2 is 2.10 bits per heavy atom. The zero-order valence-electron chi connectivity index (χ0n) is 11.1. The van der Waals surface area contributed by atoms with E-state index < -0.39 is 26.5 Å². The van der Waals surface area contributed by atoms with Crippen LogP contribution in [0.15, 0.2) is 18.2 Å². The number of hydrogen-bond acceptors (Lipinski definition) is 6. The first-order valence-electron chi connectivity index (χ1n) is 6.45. The van der Waals surface area contributed by atoms with E-state index in [1.165, 1.54) is 0 Å². The van der Waals surface area contributed by atoms with Gasteiger partial charge in [-0.2, -0.15) is 0 Å². The van der Waals surface area contributed by atoms with Crippen molar-refractivity contribution in [1.29, 1.82) is 0 Å². The van der Waals surface area contributed by atoms with Gasteiger partial charge in [0.25, 0.3) is 0 Å². The molecule has 0 saturated heterocycles. The Labute approximate surface area is 117 Å². The fraction of sp³-hybridized carbons (Fsp3) is 0.538. The van der Waals surface area contributed by atoms with Crippen molar-refractivity contribution >= 4 is 9.84 Å². The van der Waals surface area contributed by atoms with Crippen LogP contribution in [0, 0.1) is 0 Å². The van der Waals surface area contributed by atoms with E-state index in [0.29, 0.717) is 11.5 Å². The molecule has 2 aliphatic rings. The Kier molecular flexibility index (Phi) is 2.97. The van der Waals surface area contributed by atoms with Gasteiger partial charge in [-0.15, -0.1) is 0 Å². The summed E-state index contributed by atoms with van der Waals surface area (Å²) < 4.78 is 34.7. The molecule has 3 atom stereocenters. The van der Waals surface area contributed by atoms with Crippen LogP contribution in [0.4, 0.5) is 0 Å². The van der Waals surface area contributed by atoms with E-state index in [4.69, 9.17) is 15.2 Å².